The van der Waals surface area contributed by atoms with Crippen LogP contribution in [0.5, 0.6) is 36.1 Å². The van der Waals surface area contributed by atoms with Crippen molar-refractivity contribution in [3.05, 3.63) is 48.6 Å². The minimum Gasteiger partial charge on any atom is -0.463 e. The minimum absolute atomic E-state index is 0.153. The first-order valence-electron chi connectivity index (χ1n) is 13.4. The Morgan fingerprint density at radius 3 is 0.875 bits per heavy atom. The molecule has 0 N–H and O–H groups in total. The predicted molar refractivity (Wildman–Crippen MR) is 150 cm³/mol. The molecule has 2 aromatic rings. The topological polar surface area (TPSA) is 133 Å². The zero-order valence-electron chi connectivity index (χ0n) is 23.8. The van der Waals surface area contributed by atoms with Crippen molar-refractivity contribution in [1.82, 2.24) is 29.9 Å². The highest BCUT2D eigenvalue weighted by Crippen LogP contribution is 2.17. The number of ether oxygens (including phenoxy) is 6. The predicted octanol–water partition coefficient (Wildman–Crippen LogP) is 4.89. The van der Waals surface area contributed by atoms with Crippen molar-refractivity contribution in [2.24, 2.45) is 0 Å². The van der Waals surface area contributed by atoms with E-state index in [9.17, 15) is 0 Å². The average molecular weight is 557 g/mol. The van der Waals surface area contributed by atoms with Crippen LogP contribution in [0, 0.1) is 0 Å². The molecule has 0 aromatic carbocycles. The second-order valence-electron chi connectivity index (χ2n) is 8.00. The maximum absolute atomic E-state index is 5.73. The fourth-order valence-electron chi connectivity index (χ4n) is 2.79. The standard InChI is InChI=1S/C28H40N6O6/c1-5-9-17-35-23-29-24(36-18-10-6-2)32-27(31-23)39-21-15-13-14-16-22-40-28-33-25(37-19-11-7-3)30-26(34-28)38-20-12-8-4/h5-12H,13-22H2,1-4H3. The fourth-order valence-corrected chi connectivity index (χ4v) is 2.79. The lowest BCUT2D eigenvalue weighted by molar-refractivity contribution is 0.239. The fraction of sp³-hybridized carbons (Fsp3) is 0.500. The van der Waals surface area contributed by atoms with E-state index in [1.807, 2.05) is 76.3 Å². The third-order valence-electron chi connectivity index (χ3n) is 4.83. The lowest BCUT2D eigenvalue weighted by atomic mass is 10.2. The van der Waals surface area contributed by atoms with Gasteiger partial charge in [-0.25, -0.2) is 0 Å². The first kappa shape index (κ1) is 32.0. The normalized spacial score (nSPS) is 11.6. The first-order chi connectivity index (χ1) is 19.7. The SMILES string of the molecule is CC=CCOc1nc(OCC=CC)nc(OCCCCCCOc2nc(OCC=CC)nc(OCC=CC)n2)n1. The van der Waals surface area contributed by atoms with Crippen LogP contribution in [0.3, 0.4) is 0 Å². The van der Waals surface area contributed by atoms with E-state index in [-0.39, 0.29) is 36.1 Å². The third kappa shape index (κ3) is 14.1. The van der Waals surface area contributed by atoms with Gasteiger partial charge < -0.3 is 28.4 Å². The number of rotatable bonds is 21. The van der Waals surface area contributed by atoms with Crippen molar-refractivity contribution < 1.29 is 28.4 Å². The van der Waals surface area contributed by atoms with Gasteiger partial charge in [-0.05, 0) is 53.4 Å². The van der Waals surface area contributed by atoms with Gasteiger partial charge in [-0.1, -0.05) is 48.6 Å². The van der Waals surface area contributed by atoms with Crippen LogP contribution in [0.4, 0.5) is 0 Å². The molecule has 0 bridgehead atoms. The summed E-state index contributed by atoms with van der Waals surface area (Å²) in [5.74, 6) is 0. The molecule has 12 heteroatoms. The van der Waals surface area contributed by atoms with Gasteiger partial charge in [0.1, 0.15) is 26.4 Å². The summed E-state index contributed by atoms with van der Waals surface area (Å²) in [6.45, 7) is 9.90. The molecule has 0 unspecified atom stereocenters. The maximum Gasteiger partial charge on any atom is 0.326 e. The summed E-state index contributed by atoms with van der Waals surface area (Å²) in [5, 5.41) is 0. The monoisotopic (exact) mass is 556 g/mol. The number of aromatic nitrogens is 6. The van der Waals surface area contributed by atoms with Gasteiger partial charge in [-0.2, -0.15) is 0 Å². The molecule has 0 saturated carbocycles. The molecule has 0 aliphatic heterocycles. The van der Waals surface area contributed by atoms with E-state index in [2.05, 4.69) is 29.9 Å². The van der Waals surface area contributed by atoms with Gasteiger partial charge in [0.25, 0.3) is 0 Å². The molecule has 0 aliphatic carbocycles. The van der Waals surface area contributed by atoms with Crippen molar-refractivity contribution in [1.29, 1.82) is 0 Å². The molecule has 2 aromatic heterocycles. The van der Waals surface area contributed by atoms with Crippen LogP contribution in [0.2, 0.25) is 0 Å². The summed E-state index contributed by atoms with van der Waals surface area (Å²) in [6.07, 6.45) is 18.4. The molecular weight excluding hydrogens is 516 g/mol. The number of unbranched alkanes of at least 4 members (excludes halogenated alkanes) is 3. The Morgan fingerprint density at radius 1 is 0.375 bits per heavy atom. The van der Waals surface area contributed by atoms with Gasteiger partial charge >= 0.3 is 36.1 Å². The summed E-state index contributed by atoms with van der Waals surface area (Å²) >= 11 is 0. The van der Waals surface area contributed by atoms with Gasteiger partial charge in [0.2, 0.25) is 0 Å². The zero-order valence-corrected chi connectivity index (χ0v) is 23.8. The van der Waals surface area contributed by atoms with Crippen LogP contribution >= 0.6 is 0 Å². The molecule has 0 fully saturated rings. The Hall–Kier alpha value is -4.22. The van der Waals surface area contributed by atoms with E-state index in [1.54, 1.807) is 0 Å². The van der Waals surface area contributed by atoms with Gasteiger partial charge in [0, 0.05) is 0 Å². The molecule has 12 nitrogen and oxygen atoms in total. The molecule has 0 spiro atoms. The Labute approximate surface area is 236 Å². The smallest absolute Gasteiger partial charge is 0.326 e. The number of hydrogen-bond acceptors (Lipinski definition) is 12. The Kier molecular flexibility index (Phi) is 16.6. The summed E-state index contributed by atoms with van der Waals surface area (Å²) in [7, 11) is 0. The Morgan fingerprint density at radius 2 is 0.625 bits per heavy atom. The highest BCUT2D eigenvalue weighted by atomic mass is 16.5. The molecule has 40 heavy (non-hydrogen) atoms. The minimum atomic E-state index is 0.153. The zero-order chi connectivity index (χ0) is 28.7. The summed E-state index contributed by atoms with van der Waals surface area (Å²) in [4.78, 5) is 25.2. The van der Waals surface area contributed by atoms with Crippen molar-refractivity contribution in [3.8, 4) is 36.1 Å². The molecular formula is C28H40N6O6. The number of nitrogens with zero attached hydrogens (tertiary/aromatic N) is 6. The first-order valence-corrected chi connectivity index (χ1v) is 13.4. The van der Waals surface area contributed by atoms with E-state index in [0.29, 0.717) is 39.6 Å². The summed E-state index contributed by atoms with van der Waals surface area (Å²) < 4.78 is 33.6. The van der Waals surface area contributed by atoms with Crippen LogP contribution in [-0.4, -0.2) is 69.5 Å². The maximum atomic E-state index is 5.73. The molecule has 2 rings (SSSR count). The molecule has 0 atom stereocenters. The molecule has 0 aliphatic rings. The van der Waals surface area contributed by atoms with Crippen LogP contribution in [0.25, 0.3) is 0 Å². The van der Waals surface area contributed by atoms with Crippen molar-refractivity contribution in [2.45, 2.75) is 53.4 Å². The number of allylic oxidation sites excluding steroid dienone is 4. The van der Waals surface area contributed by atoms with Gasteiger partial charge in [-0.15, -0.1) is 29.9 Å². The van der Waals surface area contributed by atoms with E-state index in [0.717, 1.165) is 25.7 Å². The number of hydrogen-bond donors (Lipinski definition) is 0. The van der Waals surface area contributed by atoms with Crippen molar-refractivity contribution in [3.63, 3.8) is 0 Å². The van der Waals surface area contributed by atoms with E-state index in [4.69, 9.17) is 28.4 Å². The molecule has 0 radical (unpaired) electrons. The molecule has 0 amide bonds. The summed E-state index contributed by atoms with van der Waals surface area (Å²) in [5.41, 5.74) is 0. The molecule has 2 heterocycles. The lowest BCUT2D eigenvalue weighted by Crippen LogP contribution is -2.09. The Bertz CT molecular complexity index is 939. The van der Waals surface area contributed by atoms with Gasteiger partial charge in [0.05, 0.1) is 13.2 Å². The average Bonchev–Trinajstić information content (AvgIpc) is 2.95. The quantitative estimate of drug-likeness (QED) is 0.153. The molecule has 218 valence electrons. The lowest BCUT2D eigenvalue weighted by Gasteiger charge is -2.09. The van der Waals surface area contributed by atoms with Crippen LogP contribution < -0.4 is 28.4 Å². The van der Waals surface area contributed by atoms with Crippen LogP contribution in [0.15, 0.2) is 48.6 Å². The van der Waals surface area contributed by atoms with E-state index < -0.39 is 0 Å². The van der Waals surface area contributed by atoms with Gasteiger partial charge in [-0.3, -0.25) is 0 Å². The van der Waals surface area contributed by atoms with Crippen molar-refractivity contribution >= 4 is 0 Å². The van der Waals surface area contributed by atoms with Gasteiger partial charge in [0.15, 0.2) is 0 Å². The highest BCUT2D eigenvalue weighted by Gasteiger charge is 2.11. The largest absolute Gasteiger partial charge is 0.463 e. The summed E-state index contributed by atoms with van der Waals surface area (Å²) in [6, 6.07) is 0.942. The van der Waals surface area contributed by atoms with E-state index in [1.165, 1.54) is 0 Å². The molecule has 0 saturated heterocycles. The van der Waals surface area contributed by atoms with Crippen LogP contribution in [0.1, 0.15) is 53.4 Å². The van der Waals surface area contributed by atoms with Crippen LogP contribution in [-0.2, 0) is 0 Å². The second kappa shape index (κ2) is 20.7. The second-order valence-corrected chi connectivity index (χ2v) is 8.00. The van der Waals surface area contributed by atoms with Crippen molar-refractivity contribution in [2.75, 3.05) is 39.6 Å². The highest BCUT2D eigenvalue weighted by molar-refractivity contribution is 5.10. The van der Waals surface area contributed by atoms with E-state index >= 15 is 0 Å². The third-order valence-corrected chi connectivity index (χ3v) is 4.83. The Balaban J connectivity index is 1.76.